The summed E-state index contributed by atoms with van der Waals surface area (Å²) in [5.41, 5.74) is 7.27. The van der Waals surface area contributed by atoms with Gasteiger partial charge in [0.05, 0.1) is 18.1 Å². The highest BCUT2D eigenvalue weighted by atomic mass is 16.5. The predicted octanol–water partition coefficient (Wildman–Crippen LogP) is 6.35. The number of amides is 1. The number of aromatic nitrogens is 3. The second-order valence-electron chi connectivity index (χ2n) is 9.01. The molecular formula is C30H30N4O2. The fraction of sp³-hybridized carbons (Fsp3) is 0.200. The third kappa shape index (κ3) is 4.89. The van der Waals surface area contributed by atoms with Crippen LogP contribution in [0.15, 0.2) is 85.2 Å². The monoisotopic (exact) mass is 478 g/mol. The van der Waals surface area contributed by atoms with Gasteiger partial charge in [0.15, 0.2) is 6.73 Å². The molecule has 5 rings (SSSR count). The van der Waals surface area contributed by atoms with Crippen LogP contribution in [-0.2, 0) is 19.7 Å². The zero-order chi connectivity index (χ0) is 25.1. The van der Waals surface area contributed by atoms with Crippen LogP contribution in [0.1, 0.15) is 39.7 Å². The maximum Gasteiger partial charge on any atom is 0.255 e. The normalized spacial score (nSPS) is 11.1. The summed E-state index contributed by atoms with van der Waals surface area (Å²) < 4.78 is 9.76. The predicted molar refractivity (Wildman–Crippen MR) is 144 cm³/mol. The third-order valence-corrected chi connectivity index (χ3v) is 6.67. The fourth-order valence-electron chi connectivity index (χ4n) is 4.42. The molecule has 0 bridgehead atoms. The maximum atomic E-state index is 13.0. The molecule has 0 fully saturated rings. The number of nitrogens with one attached hydrogen (secondary N) is 1. The molecule has 0 radical (unpaired) electrons. The van der Waals surface area contributed by atoms with Gasteiger partial charge in [0.2, 0.25) is 0 Å². The smallest absolute Gasteiger partial charge is 0.255 e. The number of hydrogen-bond acceptors (Lipinski definition) is 3. The molecule has 2 aromatic heterocycles. The summed E-state index contributed by atoms with van der Waals surface area (Å²) >= 11 is 0. The lowest BCUT2D eigenvalue weighted by atomic mass is 10.1. The molecule has 5 aromatic rings. The van der Waals surface area contributed by atoms with Gasteiger partial charge in [-0.2, -0.15) is 5.10 Å². The Balaban J connectivity index is 1.27. The number of nitrogens with zero attached hydrogens (tertiary/aromatic N) is 3. The van der Waals surface area contributed by atoms with Crippen LogP contribution in [0, 0.1) is 13.8 Å². The fourth-order valence-corrected chi connectivity index (χ4v) is 4.42. The van der Waals surface area contributed by atoms with Gasteiger partial charge in [0.1, 0.15) is 5.75 Å². The Labute approximate surface area is 211 Å². The SMILES string of the molecule is CCc1ccc(OCn2cc(NC(=O)c3ccc4c(c3)c(C)c(C)n4Cc3ccccc3)cn2)cc1. The van der Waals surface area contributed by atoms with E-state index in [2.05, 4.69) is 72.2 Å². The van der Waals surface area contributed by atoms with Crippen LogP contribution < -0.4 is 10.1 Å². The molecule has 182 valence electrons. The molecule has 0 aliphatic rings. The van der Waals surface area contributed by atoms with E-state index in [0.717, 1.165) is 29.6 Å². The Morgan fingerprint density at radius 3 is 2.50 bits per heavy atom. The Hall–Kier alpha value is -4.32. The number of carbonyl (C=O) groups excluding carboxylic acids is 1. The van der Waals surface area contributed by atoms with Gasteiger partial charge in [-0.25, -0.2) is 4.68 Å². The van der Waals surface area contributed by atoms with Crippen LogP contribution in [0.4, 0.5) is 5.69 Å². The van der Waals surface area contributed by atoms with Crippen LogP contribution in [-0.4, -0.2) is 20.3 Å². The van der Waals surface area contributed by atoms with Gasteiger partial charge < -0.3 is 14.6 Å². The molecule has 6 nitrogen and oxygen atoms in total. The van der Waals surface area contributed by atoms with Gasteiger partial charge in [-0.05, 0) is 67.3 Å². The molecular weight excluding hydrogens is 448 g/mol. The first-order valence-electron chi connectivity index (χ1n) is 12.2. The molecule has 0 saturated heterocycles. The van der Waals surface area contributed by atoms with Gasteiger partial charge >= 0.3 is 0 Å². The van der Waals surface area contributed by atoms with E-state index in [0.29, 0.717) is 11.3 Å². The molecule has 0 saturated carbocycles. The number of hydrogen-bond donors (Lipinski definition) is 1. The van der Waals surface area contributed by atoms with Gasteiger partial charge in [0.25, 0.3) is 5.91 Å². The van der Waals surface area contributed by atoms with Gasteiger partial charge in [-0.3, -0.25) is 4.79 Å². The summed E-state index contributed by atoms with van der Waals surface area (Å²) in [7, 11) is 0. The second kappa shape index (κ2) is 10.1. The van der Waals surface area contributed by atoms with Gasteiger partial charge in [-0.1, -0.05) is 49.4 Å². The van der Waals surface area contributed by atoms with E-state index in [9.17, 15) is 4.79 Å². The summed E-state index contributed by atoms with van der Waals surface area (Å²) in [4.78, 5) is 13.0. The largest absolute Gasteiger partial charge is 0.471 e. The van der Waals surface area contributed by atoms with Crippen molar-refractivity contribution in [3.05, 3.63) is 113 Å². The molecule has 1 amide bonds. The first-order valence-corrected chi connectivity index (χ1v) is 12.2. The van der Waals surface area contributed by atoms with Crippen molar-refractivity contribution in [1.29, 1.82) is 0 Å². The lowest BCUT2D eigenvalue weighted by molar-refractivity contribution is 0.102. The average Bonchev–Trinajstić information content (AvgIpc) is 3.46. The lowest BCUT2D eigenvalue weighted by Gasteiger charge is -2.09. The van der Waals surface area contributed by atoms with E-state index >= 15 is 0 Å². The minimum absolute atomic E-state index is 0.166. The van der Waals surface area contributed by atoms with E-state index in [1.54, 1.807) is 17.1 Å². The minimum atomic E-state index is -0.166. The van der Waals surface area contributed by atoms with Gasteiger partial charge in [0, 0.05) is 28.7 Å². The van der Waals surface area contributed by atoms with Crippen molar-refractivity contribution in [2.45, 2.75) is 40.5 Å². The topological polar surface area (TPSA) is 61.1 Å². The van der Waals surface area contributed by atoms with E-state index in [1.165, 1.54) is 22.4 Å². The Bertz CT molecular complexity index is 1500. The van der Waals surface area contributed by atoms with Crippen molar-refractivity contribution in [1.82, 2.24) is 14.3 Å². The van der Waals surface area contributed by atoms with E-state index in [4.69, 9.17) is 4.74 Å². The van der Waals surface area contributed by atoms with E-state index in [-0.39, 0.29) is 12.6 Å². The molecule has 0 atom stereocenters. The number of aryl methyl sites for hydroxylation is 2. The molecule has 2 heterocycles. The highest BCUT2D eigenvalue weighted by molar-refractivity contribution is 6.06. The Kier molecular flexibility index (Phi) is 6.58. The Morgan fingerprint density at radius 2 is 1.75 bits per heavy atom. The first-order chi connectivity index (χ1) is 17.5. The number of benzene rings is 3. The summed E-state index contributed by atoms with van der Waals surface area (Å²) in [5.74, 6) is 0.617. The summed E-state index contributed by atoms with van der Waals surface area (Å²) in [6.07, 6.45) is 4.39. The molecule has 0 unspecified atom stereocenters. The standard InChI is InChI=1S/C30H30N4O2/c1-4-23-10-13-27(14-11-23)36-20-33-19-26(17-31-33)32-30(35)25-12-15-29-28(16-25)21(2)22(3)34(29)18-24-8-6-5-7-9-24/h5-17,19H,4,18,20H2,1-3H3,(H,32,35). The third-order valence-electron chi connectivity index (χ3n) is 6.67. The van der Waals surface area contributed by atoms with E-state index in [1.807, 2.05) is 36.4 Å². The van der Waals surface area contributed by atoms with Gasteiger partial charge in [-0.15, -0.1) is 0 Å². The van der Waals surface area contributed by atoms with Crippen molar-refractivity contribution in [3.63, 3.8) is 0 Å². The highest BCUT2D eigenvalue weighted by Gasteiger charge is 2.15. The lowest BCUT2D eigenvalue weighted by Crippen LogP contribution is -2.11. The number of ether oxygens (including phenoxy) is 1. The van der Waals surface area contributed by atoms with Crippen molar-refractivity contribution in [3.8, 4) is 5.75 Å². The second-order valence-corrected chi connectivity index (χ2v) is 9.01. The molecule has 0 spiro atoms. The summed E-state index contributed by atoms with van der Waals surface area (Å²) in [6.45, 7) is 7.43. The van der Waals surface area contributed by atoms with Crippen LogP contribution in [0.3, 0.4) is 0 Å². The quantitative estimate of drug-likeness (QED) is 0.283. The summed E-state index contributed by atoms with van der Waals surface area (Å²) in [5, 5.41) is 8.35. The minimum Gasteiger partial charge on any atom is -0.471 e. The van der Waals surface area contributed by atoms with Crippen LogP contribution in [0.25, 0.3) is 10.9 Å². The average molecular weight is 479 g/mol. The highest BCUT2D eigenvalue weighted by Crippen LogP contribution is 2.27. The van der Waals surface area contributed by atoms with Crippen molar-refractivity contribution in [2.75, 3.05) is 5.32 Å². The molecule has 36 heavy (non-hydrogen) atoms. The Morgan fingerprint density at radius 1 is 0.972 bits per heavy atom. The summed E-state index contributed by atoms with van der Waals surface area (Å²) in [6, 6.07) is 24.3. The maximum absolute atomic E-state index is 13.0. The van der Waals surface area contributed by atoms with Crippen molar-refractivity contribution < 1.29 is 9.53 Å². The number of carbonyl (C=O) groups is 1. The first kappa shape index (κ1) is 23.4. The zero-order valence-corrected chi connectivity index (χ0v) is 20.9. The van der Waals surface area contributed by atoms with Crippen LogP contribution >= 0.6 is 0 Å². The molecule has 0 aliphatic heterocycles. The zero-order valence-electron chi connectivity index (χ0n) is 20.9. The van der Waals surface area contributed by atoms with Crippen molar-refractivity contribution >= 4 is 22.5 Å². The molecule has 6 heteroatoms. The molecule has 0 aliphatic carbocycles. The number of anilines is 1. The number of fused-ring (bicyclic) bond motifs is 1. The van der Waals surface area contributed by atoms with Crippen LogP contribution in [0.5, 0.6) is 5.75 Å². The van der Waals surface area contributed by atoms with E-state index < -0.39 is 0 Å². The molecule has 1 N–H and O–H groups in total. The van der Waals surface area contributed by atoms with Crippen LogP contribution in [0.2, 0.25) is 0 Å². The molecule has 3 aromatic carbocycles. The van der Waals surface area contributed by atoms with Crippen molar-refractivity contribution in [2.24, 2.45) is 0 Å². The number of rotatable bonds is 8.